The number of nitrogens with one attached hydrogen (secondary N) is 2. The van der Waals surface area contributed by atoms with Gasteiger partial charge in [0, 0.05) is 18.1 Å². The van der Waals surface area contributed by atoms with Crippen LogP contribution in [0.2, 0.25) is 0 Å². The Hall–Kier alpha value is -3.12. The first-order valence-electron chi connectivity index (χ1n) is 9.53. The highest BCUT2D eigenvalue weighted by Crippen LogP contribution is 2.29. The van der Waals surface area contributed by atoms with Crippen LogP contribution in [-0.2, 0) is 10.3 Å². The van der Waals surface area contributed by atoms with E-state index >= 15 is 0 Å². The van der Waals surface area contributed by atoms with Crippen molar-refractivity contribution >= 4 is 11.6 Å². The largest absolute Gasteiger partial charge is 0.457 e. The second kappa shape index (κ2) is 7.86. The van der Waals surface area contributed by atoms with E-state index < -0.39 is 5.54 Å². The van der Waals surface area contributed by atoms with Gasteiger partial charge in [0.1, 0.15) is 17.0 Å². The predicted molar refractivity (Wildman–Crippen MR) is 109 cm³/mol. The predicted octanol–water partition coefficient (Wildman–Crippen LogP) is 3.70. The standard InChI is InChI=1S/C22H24N4O2/c1-17-4-2-5-20(16-17)28-19-8-6-18(7-9-19)25-21(27)22(10-13-23-14-11-22)26-15-3-12-24-26/h2-9,12,15-16,23H,10-11,13-14H2,1H3,(H,25,27). The van der Waals surface area contributed by atoms with Gasteiger partial charge in [-0.3, -0.25) is 9.48 Å². The number of piperidine rings is 1. The van der Waals surface area contributed by atoms with Crippen LogP contribution >= 0.6 is 0 Å². The van der Waals surface area contributed by atoms with Crippen LogP contribution in [0, 0.1) is 6.92 Å². The van der Waals surface area contributed by atoms with E-state index in [0.717, 1.165) is 35.8 Å². The molecule has 1 amide bonds. The number of anilines is 1. The second-order valence-electron chi connectivity index (χ2n) is 7.13. The van der Waals surface area contributed by atoms with E-state index in [1.807, 2.05) is 67.7 Å². The summed E-state index contributed by atoms with van der Waals surface area (Å²) in [4.78, 5) is 13.2. The molecule has 144 valence electrons. The Balaban J connectivity index is 1.48. The number of nitrogens with zero attached hydrogens (tertiary/aromatic N) is 2. The average molecular weight is 376 g/mol. The van der Waals surface area contributed by atoms with Gasteiger partial charge in [-0.05, 0) is 80.9 Å². The van der Waals surface area contributed by atoms with Crippen LogP contribution in [0.1, 0.15) is 18.4 Å². The normalized spacial score (nSPS) is 15.8. The van der Waals surface area contributed by atoms with E-state index in [9.17, 15) is 4.79 Å². The first-order chi connectivity index (χ1) is 13.7. The molecule has 0 spiro atoms. The van der Waals surface area contributed by atoms with Gasteiger partial charge in [0.05, 0.1) is 0 Å². The van der Waals surface area contributed by atoms with Crippen LogP contribution in [0.3, 0.4) is 0 Å². The SMILES string of the molecule is Cc1cccc(Oc2ccc(NC(=O)C3(n4cccn4)CCNCC3)cc2)c1. The summed E-state index contributed by atoms with van der Waals surface area (Å²) >= 11 is 0. The lowest BCUT2D eigenvalue weighted by Crippen LogP contribution is -2.52. The first kappa shape index (κ1) is 18.3. The quantitative estimate of drug-likeness (QED) is 0.712. The molecular weight excluding hydrogens is 352 g/mol. The summed E-state index contributed by atoms with van der Waals surface area (Å²) in [6.07, 6.45) is 4.99. The molecule has 6 nitrogen and oxygen atoms in total. The Morgan fingerprint density at radius 2 is 1.89 bits per heavy atom. The number of hydrogen-bond acceptors (Lipinski definition) is 4. The number of rotatable bonds is 5. The molecule has 2 heterocycles. The lowest BCUT2D eigenvalue weighted by Gasteiger charge is -2.36. The molecule has 1 aliphatic rings. The molecule has 1 aromatic heterocycles. The zero-order valence-corrected chi connectivity index (χ0v) is 15.9. The fourth-order valence-corrected chi connectivity index (χ4v) is 3.59. The molecule has 3 aromatic rings. The molecular formula is C22H24N4O2. The van der Waals surface area contributed by atoms with Crippen LogP contribution < -0.4 is 15.4 Å². The number of aryl methyl sites for hydroxylation is 1. The minimum Gasteiger partial charge on any atom is -0.457 e. The van der Waals surface area contributed by atoms with Gasteiger partial charge in [0.15, 0.2) is 0 Å². The smallest absolute Gasteiger partial charge is 0.252 e. The minimum absolute atomic E-state index is 0.0370. The molecule has 0 aliphatic carbocycles. The minimum atomic E-state index is -0.661. The van der Waals surface area contributed by atoms with Crippen LogP contribution in [-0.4, -0.2) is 28.8 Å². The van der Waals surface area contributed by atoms with E-state index in [1.54, 1.807) is 10.9 Å². The molecule has 0 saturated carbocycles. The Kier molecular flexibility index (Phi) is 5.12. The van der Waals surface area contributed by atoms with Gasteiger partial charge in [0.2, 0.25) is 0 Å². The number of aromatic nitrogens is 2. The Labute approximate surface area is 164 Å². The number of carbonyl (C=O) groups is 1. The topological polar surface area (TPSA) is 68.2 Å². The highest BCUT2D eigenvalue weighted by Gasteiger charge is 2.42. The lowest BCUT2D eigenvalue weighted by molar-refractivity contribution is -0.126. The molecule has 1 saturated heterocycles. The van der Waals surface area contributed by atoms with Crippen molar-refractivity contribution in [2.45, 2.75) is 25.3 Å². The van der Waals surface area contributed by atoms with Crippen LogP contribution in [0.5, 0.6) is 11.5 Å². The van der Waals surface area contributed by atoms with Gasteiger partial charge in [0.25, 0.3) is 5.91 Å². The molecule has 4 rings (SSSR count). The zero-order chi connectivity index (χ0) is 19.4. The third-order valence-electron chi connectivity index (χ3n) is 5.13. The molecule has 6 heteroatoms. The van der Waals surface area contributed by atoms with Crippen LogP contribution in [0.15, 0.2) is 67.0 Å². The average Bonchev–Trinajstić information content (AvgIpc) is 3.25. The second-order valence-corrected chi connectivity index (χ2v) is 7.13. The number of ether oxygens (including phenoxy) is 1. The van der Waals surface area contributed by atoms with Crippen LogP contribution in [0.4, 0.5) is 5.69 Å². The lowest BCUT2D eigenvalue weighted by atomic mass is 9.87. The Bertz CT molecular complexity index is 929. The Morgan fingerprint density at radius 1 is 1.11 bits per heavy atom. The van der Waals surface area contributed by atoms with Crippen molar-refractivity contribution in [3.8, 4) is 11.5 Å². The summed E-state index contributed by atoms with van der Waals surface area (Å²) in [5, 5.41) is 10.7. The van der Waals surface area contributed by atoms with E-state index in [-0.39, 0.29) is 5.91 Å². The van der Waals surface area contributed by atoms with E-state index in [0.29, 0.717) is 12.8 Å². The number of benzene rings is 2. The van der Waals surface area contributed by atoms with Gasteiger partial charge in [-0.2, -0.15) is 5.10 Å². The van der Waals surface area contributed by atoms with Gasteiger partial charge in [-0.1, -0.05) is 12.1 Å². The summed E-state index contributed by atoms with van der Waals surface area (Å²) < 4.78 is 7.67. The van der Waals surface area contributed by atoms with Crippen molar-refractivity contribution in [1.29, 1.82) is 0 Å². The van der Waals surface area contributed by atoms with E-state index in [2.05, 4.69) is 15.7 Å². The fraction of sp³-hybridized carbons (Fsp3) is 0.273. The number of amides is 1. The highest BCUT2D eigenvalue weighted by molar-refractivity contribution is 5.96. The van der Waals surface area contributed by atoms with Gasteiger partial charge in [-0.25, -0.2) is 0 Å². The van der Waals surface area contributed by atoms with E-state index in [4.69, 9.17) is 4.74 Å². The summed E-state index contributed by atoms with van der Waals surface area (Å²) in [6, 6.07) is 17.2. The molecule has 2 aromatic carbocycles. The van der Waals surface area contributed by atoms with E-state index in [1.165, 1.54) is 0 Å². The van der Waals surface area contributed by atoms with Crippen molar-refractivity contribution in [1.82, 2.24) is 15.1 Å². The summed E-state index contributed by atoms with van der Waals surface area (Å²) in [5.74, 6) is 1.49. The Morgan fingerprint density at radius 3 is 2.57 bits per heavy atom. The van der Waals surface area contributed by atoms with Gasteiger partial charge >= 0.3 is 0 Å². The summed E-state index contributed by atoms with van der Waals surface area (Å²) in [7, 11) is 0. The number of hydrogen-bond donors (Lipinski definition) is 2. The molecule has 0 bridgehead atoms. The van der Waals surface area contributed by atoms with Crippen LogP contribution in [0.25, 0.3) is 0 Å². The van der Waals surface area contributed by atoms with Crippen molar-refractivity contribution < 1.29 is 9.53 Å². The van der Waals surface area contributed by atoms with Gasteiger partial charge in [-0.15, -0.1) is 0 Å². The number of carbonyl (C=O) groups excluding carboxylic acids is 1. The molecule has 0 unspecified atom stereocenters. The van der Waals surface area contributed by atoms with Crippen molar-refractivity contribution in [3.05, 3.63) is 72.6 Å². The molecule has 28 heavy (non-hydrogen) atoms. The maximum Gasteiger partial charge on any atom is 0.252 e. The third-order valence-corrected chi connectivity index (χ3v) is 5.13. The highest BCUT2D eigenvalue weighted by atomic mass is 16.5. The van der Waals surface area contributed by atoms with Crippen molar-refractivity contribution in [2.24, 2.45) is 0 Å². The summed E-state index contributed by atoms with van der Waals surface area (Å²) in [6.45, 7) is 3.61. The molecule has 0 radical (unpaired) electrons. The first-order valence-corrected chi connectivity index (χ1v) is 9.53. The maximum atomic E-state index is 13.2. The van der Waals surface area contributed by atoms with Gasteiger partial charge < -0.3 is 15.4 Å². The fourth-order valence-electron chi connectivity index (χ4n) is 3.59. The molecule has 1 aliphatic heterocycles. The van der Waals surface area contributed by atoms with Crippen molar-refractivity contribution in [2.75, 3.05) is 18.4 Å². The maximum absolute atomic E-state index is 13.2. The molecule has 2 N–H and O–H groups in total. The molecule has 0 atom stereocenters. The third kappa shape index (κ3) is 3.77. The summed E-state index contributed by atoms with van der Waals surface area (Å²) in [5.41, 5.74) is 1.23. The van der Waals surface area contributed by atoms with Crippen molar-refractivity contribution in [3.63, 3.8) is 0 Å². The molecule has 1 fully saturated rings. The zero-order valence-electron chi connectivity index (χ0n) is 15.9. The monoisotopic (exact) mass is 376 g/mol.